The summed E-state index contributed by atoms with van der Waals surface area (Å²) < 4.78 is 0. The molecular weight excluding hydrogens is 270 g/mol. The third-order valence-electron chi connectivity index (χ3n) is 2.50. The quantitative estimate of drug-likeness (QED) is 0.342. The van der Waals surface area contributed by atoms with Gasteiger partial charge in [-0.05, 0) is 29.9 Å². The Balaban J connectivity index is 1.83. The average molecular weight is 285 g/mol. The second-order valence-electron chi connectivity index (χ2n) is 3.99. The molecule has 0 aliphatic rings. The van der Waals surface area contributed by atoms with Crippen molar-refractivity contribution in [3.63, 3.8) is 0 Å². The number of aromatic nitrogens is 1. The third kappa shape index (κ3) is 4.33. The van der Waals surface area contributed by atoms with Crippen LogP contribution >= 0.6 is 12.2 Å². The zero-order valence-corrected chi connectivity index (χ0v) is 11.6. The predicted octanol–water partition coefficient (Wildman–Crippen LogP) is 1.37. The zero-order chi connectivity index (χ0) is 14.2. The van der Waals surface area contributed by atoms with Gasteiger partial charge in [0.2, 0.25) is 0 Å². The second-order valence-corrected chi connectivity index (χ2v) is 4.40. The molecule has 1 aromatic heterocycles. The van der Waals surface area contributed by atoms with Crippen LogP contribution in [0.25, 0.3) is 0 Å². The molecular formula is C14H15N5S. The molecule has 0 saturated carbocycles. The highest BCUT2D eigenvalue weighted by molar-refractivity contribution is 7.80. The average Bonchev–Trinajstić information content (AvgIpc) is 2.52. The summed E-state index contributed by atoms with van der Waals surface area (Å²) in [5, 5.41) is 7.44. The van der Waals surface area contributed by atoms with Crippen molar-refractivity contribution in [3.8, 4) is 0 Å². The van der Waals surface area contributed by atoms with E-state index in [1.807, 2.05) is 42.5 Å². The molecule has 1 heterocycles. The van der Waals surface area contributed by atoms with Gasteiger partial charge in [-0.3, -0.25) is 10.4 Å². The van der Waals surface area contributed by atoms with Gasteiger partial charge in [0.05, 0.1) is 0 Å². The number of rotatable bonds is 4. The van der Waals surface area contributed by atoms with Gasteiger partial charge in [-0.15, -0.1) is 0 Å². The van der Waals surface area contributed by atoms with Gasteiger partial charge >= 0.3 is 0 Å². The van der Waals surface area contributed by atoms with Crippen LogP contribution in [0.15, 0.2) is 59.8 Å². The van der Waals surface area contributed by atoms with E-state index >= 15 is 0 Å². The van der Waals surface area contributed by atoms with Gasteiger partial charge in [0, 0.05) is 12.7 Å². The molecule has 20 heavy (non-hydrogen) atoms. The van der Waals surface area contributed by atoms with Crippen molar-refractivity contribution >= 4 is 23.2 Å². The fraction of sp³-hybridized carbons (Fsp3) is 0.0714. The van der Waals surface area contributed by atoms with Crippen LogP contribution in [0, 0.1) is 0 Å². The van der Waals surface area contributed by atoms with Crippen LogP contribution < -0.4 is 16.5 Å². The van der Waals surface area contributed by atoms with E-state index in [4.69, 9.17) is 18.0 Å². The molecule has 0 atom stereocenters. The SMILES string of the molecule is N/C(=N\NC(=S)NCc1ccccc1)c1ccccn1. The van der Waals surface area contributed by atoms with E-state index in [-0.39, 0.29) is 5.84 Å². The lowest BCUT2D eigenvalue weighted by Crippen LogP contribution is -2.33. The fourth-order valence-electron chi connectivity index (χ4n) is 1.50. The van der Waals surface area contributed by atoms with E-state index < -0.39 is 0 Å². The molecule has 0 aliphatic heterocycles. The van der Waals surface area contributed by atoms with Crippen molar-refractivity contribution in [3.05, 3.63) is 66.0 Å². The summed E-state index contributed by atoms with van der Waals surface area (Å²) in [6, 6.07) is 15.4. The van der Waals surface area contributed by atoms with E-state index in [9.17, 15) is 0 Å². The maximum absolute atomic E-state index is 5.79. The molecule has 1 aromatic carbocycles. The first-order chi connectivity index (χ1) is 9.75. The maximum Gasteiger partial charge on any atom is 0.187 e. The standard InChI is InChI=1S/C14H15N5S/c15-13(12-8-4-5-9-16-12)18-19-14(20)17-10-11-6-2-1-3-7-11/h1-9H,10H2,(H2,15,18)(H2,17,19,20). The minimum Gasteiger partial charge on any atom is -0.380 e. The molecule has 0 unspecified atom stereocenters. The van der Waals surface area contributed by atoms with Crippen molar-refractivity contribution in [2.24, 2.45) is 10.8 Å². The molecule has 0 radical (unpaired) electrons. The lowest BCUT2D eigenvalue weighted by Gasteiger charge is -2.07. The van der Waals surface area contributed by atoms with Gasteiger partial charge < -0.3 is 11.1 Å². The molecule has 4 N–H and O–H groups in total. The van der Waals surface area contributed by atoms with Crippen molar-refractivity contribution < 1.29 is 0 Å². The smallest absolute Gasteiger partial charge is 0.187 e. The largest absolute Gasteiger partial charge is 0.380 e. The molecule has 5 nitrogen and oxygen atoms in total. The lowest BCUT2D eigenvalue weighted by atomic mass is 10.2. The Kier molecular flexibility index (Phi) is 5.02. The number of nitrogens with zero attached hydrogens (tertiary/aromatic N) is 2. The minimum absolute atomic E-state index is 0.287. The van der Waals surface area contributed by atoms with E-state index in [1.54, 1.807) is 12.3 Å². The van der Waals surface area contributed by atoms with Gasteiger partial charge in [0.1, 0.15) is 5.69 Å². The predicted molar refractivity (Wildman–Crippen MR) is 84.0 cm³/mol. The van der Waals surface area contributed by atoms with Crippen LogP contribution in [-0.2, 0) is 6.54 Å². The van der Waals surface area contributed by atoms with Crippen molar-refractivity contribution in [2.75, 3.05) is 0 Å². The van der Waals surface area contributed by atoms with E-state index in [1.165, 1.54) is 0 Å². The monoisotopic (exact) mass is 285 g/mol. The Morgan fingerprint density at radius 3 is 2.60 bits per heavy atom. The fourth-order valence-corrected chi connectivity index (χ4v) is 1.62. The van der Waals surface area contributed by atoms with Crippen molar-refractivity contribution in [1.29, 1.82) is 0 Å². The van der Waals surface area contributed by atoms with Crippen LogP contribution in [0.4, 0.5) is 0 Å². The highest BCUT2D eigenvalue weighted by Crippen LogP contribution is 1.97. The number of nitrogens with two attached hydrogens (primary N) is 1. The molecule has 0 amide bonds. The molecule has 0 bridgehead atoms. The summed E-state index contributed by atoms with van der Waals surface area (Å²) >= 11 is 5.12. The lowest BCUT2D eigenvalue weighted by molar-refractivity contribution is 0.865. The van der Waals surface area contributed by atoms with Gasteiger partial charge in [-0.25, -0.2) is 0 Å². The molecule has 102 valence electrons. The van der Waals surface area contributed by atoms with Crippen LogP contribution in [0.5, 0.6) is 0 Å². The highest BCUT2D eigenvalue weighted by Gasteiger charge is 1.99. The van der Waals surface area contributed by atoms with Gasteiger partial charge in [0.15, 0.2) is 10.9 Å². The van der Waals surface area contributed by atoms with Crippen LogP contribution in [0.2, 0.25) is 0 Å². The number of hydrazone groups is 1. The number of amidine groups is 1. The van der Waals surface area contributed by atoms with E-state index in [2.05, 4.69) is 20.8 Å². The highest BCUT2D eigenvalue weighted by atomic mass is 32.1. The van der Waals surface area contributed by atoms with Gasteiger partial charge in [-0.1, -0.05) is 36.4 Å². The number of hydrogen-bond donors (Lipinski definition) is 3. The number of thiocarbonyl (C=S) groups is 1. The molecule has 0 aliphatic carbocycles. The van der Waals surface area contributed by atoms with Crippen LogP contribution in [0.3, 0.4) is 0 Å². The number of nitrogens with one attached hydrogen (secondary N) is 2. The minimum atomic E-state index is 0.287. The first-order valence-electron chi connectivity index (χ1n) is 6.08. The Hall–Kier alpha value is -2.47. The van der Waals surface area contributed by atoms with Crippen molar-refractivity contribution in [1.82, 2.24) is 15.7 Å². The summed E-state index contributed by atoms with van der Waals surface area (Å²) in [4.78, 5) is 4.09. The Bertz CT molecular complexity index is 583. The molecule has 0 saturated heterocycles. The molecule has 0 spiro atoms. The van der Waals surface area contributed by atoms with Gasteiger partial charge in [-0.2, -0.15) is 5.10 Å². The molecule has 2 aromatic rings. The number of benzene rings is 1. The summed E-state index contributed by atoms with van der Waals surface area (Å²) in [6.07, 6.45) is 1.66. The van der Waals surface area contributed by atoms with Crippen molar-refractivity contribution in [2.45, 2.75) is 6.54 Å². The van der Waals surface area contributed by atoms with Crippen LogP contribution in [-0.4, -0.2) is 15.9 Å². The summed E-state index contributed by atoms with van der Waals surface area (Å²) in [6.45, 7) is 0.631. The van der Waals surface area contributed by atoms with Gasteiger partial charge in [0.25, 0.3) is 0 Å². The molecule has 2 rings (SSSR count). The zero-order valence-electron chi connectivity index (χ0n) is 10.8. The topological polar surface area (TPSA) is 75.3 Å². The Labute approximate surface area is 122 Å². The van der Waals surface area contributed by atoms with E-state index in [0.717, 1.165) is 5.56 Å². The number of hydrogen-bond acceptors (Lipinski definition) is 3. The second kappa shape index (κ2) is 7.20. The number of pyridine rings is 1. The summed E-state index contributed by atoms with van der Waals surface area (Å²) in [5.74, 6) is 0.287. The Morgan fingerprint density at radius 1 is 1.15 bits per heavy atom. The normalized spacial score (nSPS) is 10.9. The maximum atomic E-state index is 5.79. The first-order valence-corrected chi connectivity index (χ1v) is 6.49. The van der Waals surface area contributed by atoms with E-state index in [0.29, 0.717) is 17.4 Å². The summed E-state index contributed by atoms with van der Waals surface area (Å²) in [5.41, 5.74) is 10.2. The molecule has 6 heteroatoms. The molecule has 0 fully saturated rings. The summed E-state index contributed by atoms with van der Waals surface area (Å²) in [7, 11) is 0. The van der Waals surface area contributed by atoms with Crippen LogP contribution in [0.1, 0.15) is 11.3 Å². The third-order valence-corrected chi connectivity index (χ3v) is 2.74. The Morgan fingerprint density at radius 2 is 1.90 bits per heavy atom. The first kappa shape index (κ1) is 14.0.